The van der Waals surface area contributed by atoms with Gasteiger partial charge in [-0.1, -0.05) is 18.2 Å². The average Bonchev–Trinajstić information content (AvgIpc) is 3.33. The quantitative estimate of drug-likeness (QED) is 0.294. The predicted octanol–water partition coefficient (Wildman–Crippen LogP) is 6.45. The minimum atomic E-state index is -0.799. The summed E-state index contributed by atoms with van der Waals surface area (Å²) in [6, 6.07) is 15.3. The lowest BCUT2D eigenvalue weighted by Crippen LogP contribution is -2.33. The summed E-state index contributed by atoms with van der Waals surface area (Å²) in [5.41, 5.74) is 4.73. The van der Waals surface area contributed by atoms with Gasteiger partial charge in [-0.25, -0.2) is 14.3 Å². The van der Waals surface area contributed by atoms with Crippen LogP contribution in [0.5, 0.6) is 5.75 Å². The third-order valence-electron chi connectivity index (χ3n) is 6.39. The van der Waals surface area contributed by atoms with Gasteiger partial charge < -0.3 is 19.5 Å². The van der Waals surface area contributed by atoms with Crippen molar-refractivity contribution < 1.29 is 23.8 Å². The number of allylic oxidation sites excluding steroid dienone is 2. The van der Waals surface area contributed by atoms with Gasteiger partial charge in [0.2, 0.25) is 0 Å². The van der Waals surface area contributed by atoms with Crippen LogP contribution in [0.25, 0.3) is 16.9 Å². The summed E-state index contributed by atoms with van der Waals surface area (Å²) in [4.78, 5) is 27.2. The van der Waals surface area contributed by atoms with Crippen molar-refractivity contribution in [1.82, 2.24) is 15.1 Å². The van der Waals surface area contributed by atoms with Gasteiger partial charge in [-0.05, 0) is 87.8 Å². The number of aromatic nitrogens is 2. The number of carbonyl (C=O) groups is 2. The normalized spacial score (nSPS) is 14.1. The number of halogens is 1. The number of hydrogen-bond acceptors (Lipinski definition) is 7. The van der Waals surface area contributed by atoms with Gasteiger partial charge in [-0.2, -0.15) is 5.10 Å². The van der Waals surface area contributed by atoms with Crippen LogP contribution in [0.15, 0.2) is 81.7 Å². The highest BCUT2D eigenvalue weighted by Gasteiger charge is 2.41. The van der Waals surface area contributed by atoms with E-state index in [-0.39, 0.29) is 12.2 Å². The highest BCUT2D eigenvalue weighted by atomic mass is 79.9. The number of carbonyl (C=O) groups excluding carboxylic acids is 2. The van der Waals surface area contributed by atoms with Crippen LogP contribution in [0.2, 0.25) is 0 Å². The van der Waals surface area contributed by atoms with Crippen molar-refractivity contribution in [3.8, 4) is 22.7 Å². The lowest BCUT2D eigenvalue weighted by molar-refractivity contribution is -0.143. The van der Waals surface area contributed by atoms with Crippen LogP contribution in [0.1, 0.15) is 53.0 Å². The highest BCUT2D eigenvalue weighted by Crippen LogP contribution is 2.44. The zero-order valence-electron chi connectivity index (χ0n) is 23.7. The molecule has 0 bridgehead atoms. The Morgan fingerprint density at radius 2 is 1.50 bits per heavy atom. The minimum Gasteiger partial charge on any atom is -0.496 e. The third-order valence-corrected chi connectivity index (χ3v) is 7.00. The number of dihydropyridines is 1. The first-order chi connectivity index (χ1) is 19.0. The molecule has 0 fully saturated rings. The average molecular weight is 609 g/mol. The van der Waals surface area contributed by atoms with E-state index in [1.807, 2.05) is 68.6 Å². The van der Waals surface area contributed by atoms with Crippen molar-refractivity contribution in [3.63, 3.8) is 0 Å². The Balaban J connectivity index is 2.02. The lowest BCUT2D eigenvalue weighted by Gasteiger charge is -2.31. The summed E-state index contributed by atoms with van der Waals surface area (Å²) in [6.07, 6.45) is 1.16. The first-order valence-corrected chi connectivity index (χ1v) is 13.9. The van der Waals surface area contributed by atoms with Crippen LogP contribution in [-0.2, 0) is 19.1 Å². The molecule has 0 saturated carbocycles. The Morgan fingerprint density at radius 1 is 0.925 bits per heavy atom. The van der Waals surface area contributed by atoms with E-state index in [1.165, 1.54) is 0 Å². The van der Waals surface area contributed by atoms with Crippen LogP contribution in [0.4, 0.5) is 0 Å². The molecule has 1 N–H and O–H groups in total. The fourth-order valence-electron chi connectivity index (χ4n) is 4.75. The Labute approximate surface area is 243 Å². The number of methoxy groups -OCH3 is 1. The summed E-state index contributed by atoms with van der Waals surface area (Å²) in [5, 5.41) is 8.18. The molecule has 4 rings (SSSR count). The first kappa shape index (κ1) is 29.1. The molecule has 2 heterocycles. The molecule has 0 saturated heterocycles. The summed E-state index contributed by atoms with van der Waals surface area (Å²) in [7, 11) is 1.60. The van der Waals surface area contributed by atoms with Crippen LogP contribution in [-0.4, -0.2) is 41.0 Å². The second-order valence-corrected chi connectivity index (χ2v) is 11.0. The van der Waals surface area contributed by atoms with E-state index in [1.54, 1.807) is 39.5 Å². The molecule has 0 radical (unpaired) electrons. The molecule has 1 aliphatic rings. The van der Waals surface area contributed by atoms with E-state index in [0.29, 0.717) is 39.5 Å². The Bertz CT molecular complexity index is 1440. The maximum atomic E-state index is 13.6. The maximum Gasteiger partial charge on any atom is 0.337 e. The van der Waals surface area contributed by atoms with E-state index in [2.05, 4.69) is 21.2 Å². The van der Waals surface area contributed by atoms with Crippen molar-refractivity contribution in [1.29, 1.82) is 0 Å². The van der Waals surface area contributed by atoms with Crippen molar-refractivity contribution in [2.75, 3.05) is 7.11 Å². The number of esters is 2. The Hall–Kier alpha value is -3.85. The zero-order valence-corrected chi connectivity index (χ0v) is 25.3. The van der Waals surface area contributed by atoms with Crippen LogP contribution in [0, 0.1) is 0 Å². The van der Waals surface area contributed by atoms with E-state index in [0.717, 1.165) is 15.7 Å². The maximum absolute atomic E-state index is 13.6. The smallest absolute Gasteiger partial charge is 0.337 e. The van der Waals surface area contributed by atoms with Gasteiger partial charge in [-0.15, -0.1) is 0 Å². The second kappa shape index (κ2) is 12.1. The Kier molecular flexibility index (Phi) is 8.83. The molecule has 0 spiro atoms. The molecule has 1 aliphatic heterocycles. The van der Waals surface area contributed by atoms with Crippen molar-refractivity contribution in [2.45, 2.75) is 59.7 Å². The summed E-state index contributed by atoms with van der Waals surface area (Å²) >= 11 is 3.58. The van der Waals surface area contributed by atoms with Crippen molar-refractivity contribution in [2.24, 2.45) is 0 Å². The monoisotopic (exact) mass is 607 g/mol. The van der Waals surface area contributed by atoms with Crippen LogP contribution < -0.4 is 10.1 Å². The number of para-hydroxylation sites is 1. The molecule has 9 heteroatoms. The number of nitrogens with zero attached hydrogens (tertiary/aromatic N) is 2. The fourth-order valence-corrected chi connectivity index (χ4v) is 5.29. The molecule has 3 aromatic rings. The van der Waals surface area contributed by atoms with Gasteiger partial charge in [0.05, 0.1) is 52.2 Å². The molecule has 8 nitrogen and oxygen atoms in total. The molecular weight excluding hydrogens is 574 g/mol. The number of nitrogens with one attached hydrogen (secondary N) is 1. The van der Waals surface area contributed by atoms with Gasteiger partial charge in [0.1, 0.15) is 5.75 Å². The van der Waals surface area contributed by atoms with Gasteiger partial charge in [0, 0.05) is 28.7 Å². The van der Waals surface area contributed by atoms with E-state index in [4.69, 9.17) is 19.3 Å². The highest BCUT2D eigenvalue weighted by molar-refractivity contribution is 9.10. The van der Waals surface area contributed by atoms with Gasteiger partial charge in [-0.3, -0.25) is 0 Å². The van der Waals surface area contributed by atoms with Crippen LogP contribution >= 0.6 is 15.9 Å². The summed E-state index contributed by atoms with van der Waals surface area (Å²) in [5.74, 6) is -1.15. The predicted molar refractivity (Wildman–Crippen MR) is 157 cm³/mol. The van der Waals surface area contributed by atoms with E-state index < -0.39 is 17.9 Å². The molecule has 1 aromatic heterocycles. The van der Waals surface area contributed by atoms with Crippen LogP contribution in [0.3, 0.4) is 0 Å². The summed E-state index contributed by atoms with van der Waals surface area (Å²) < 4.78 is 19.3. The fraction of sp³-hybridized carbons (Fsp3) is 0.323. The van der Waals surface area contributed by atoms with E-state index in [9.17, 15) is 9.59 Å². The molecule has 0 aliphatic carbocycles. The van der Waals surface area contributed by atoms with Gasteiger partial charge in [0.25, 0.3) is 0 Å². The van der Waals surface area contributed by atoms with E-state index >= 15 is 0 Å². The lowest BCUT2D eigenvalue weighted by atomic mass is 9.79. The molecule has 210 valence electrons. The number of ether oxygens (including phenoxy) is 3. The standard InChI is InChI=1S/C31H34BrN3O5/c1-17(2)39-30(36)26-19(5)33-20(6)27(31(37)40-18(3)4)28(26)23-16-35(22-11-9-8-10-12-22)34-29(23)21-13-14-25(38-7)24(32)15-21/h8-18,28,33H,1-7H3. The number of rotatable bonds is 8. The summed E-state index contributed by atoms with van der Waals surface area (Å²) in [6.45, 7) is 10.8. The molecule has 0 atom stereocenters. The topological polar surface area (TPSA) is 91.7 Å². The van der Waals surface area contributed by atoms with Crippen molar-refractivity contribution in [3.05, 3.63) is 87.3 Å². The molecule has 40 heavy (non-hydrogen) atoms. The van der Waals surface area contributed by atoms with Gasteiger partial charge >= 0.3 is 11.9 Å². The minimum absolute atomic E-state index is 0.330. The SMILES string of the molecule is COc1ccc(-c2nn(-c3ccccc3)cc2C2C(C(=O)OC(C)C)=C(C)NC(C)=C2C(=O)OC(C)C)cc1Br. The van der Waals surface area contributed by atoms with Crippen molar-refractivity contribution >= 4 is 27.9 Å². The molecule has 2 aromatic carbocycles. The molecule has 0 amide bonds. The number of benzene rings is 2. The molecular formula is C31H34BrN3O5. The largest absolute Gasteiger partial charge is 0.496 e. The van der Waals surface area contributed by atoms with Gasteiger partial charge in [0.15, 0.2) is 0 Å². The Morgan fingerprint density at radius 3 is 2.00 bits per heavy atom. The number of hydrogen-bond donors (Lipinski definition) is 1. The third kappa shape index (κ3) is 5.99. The first-order valence-electron chi connectivity index (χ1n) is 13.1. The second-order valence-electron chi connectivity index (χ2n) is 10.1. The zero-order chi connectivity index (χ0) is 29.1. The molecule has 0 unspecified atom stereocenters.